The van der Waals surface area contributed by atoms with Crippen LogP contribution in [0.5, 0.6) is 0 Å². The van der Waals surface area contributed by atoms with Crippen molar-refractivity contribution in [2.45, 2.75) is 17.9 Å². The Balaban J connectivity index is 2.03. The molecular weight excluding hydrogens is 356 g/mol. The first-order valence-electron chi connectivity index (χ1n) is 5.26. The zero-order valence-corrected chi connectivity index (χ0v) is 12.8. The second-order valence-corrected chi connectivity index (χ2v) is 7.78. The Bertz CT molecular complexity index is 638. The molecule has 7 nitrogen and oxygen atoms in total. The molecule has 0 saturated carbocycles. The maximum Gasteiger partial charge on any atom is 0.242 e. The molecule has 2 aromatic rings. The number of nitrogens with zero attached hydrogens (tertiary/aromatic N) is 2. The van der Waals surface area contributed by atoms with Gasteiger partial charge < -0.3 is 5.11 Å². The second-order valence-electron chi connectivity index (χ2n) is 3.59. The summed E-state index contributed by atoms with van der Waals surface area (Å²) in [6.45, 7) is 0.0329. The van der Waals surface area contributed by atoms with Crippen molar-refractivity contribution >= 4 is 37.3 Å². The predicted octanol–water partition coefficient (Wildman–Crippen LogP) is 0.642. The third kappa shape index (κ3) is 3.60. The number of halogens is 1. The highest BCUT2D eigenvalue weighted by Gasteiger charge is 2.20. The van der Waals surface area contributed by atoms with Gasteiger partial charge in [0, 0.05) is 17.8 Å². The molecule has 2 rings (SSSR count). The molecule has 2 heterocycles. The van der Waals surface area contributed by atoms with E-state index in [-0.39, 0.29) is 18.0 Å². The van der Waals surface area contributed by atoms with Crippen LogP contribution in [-0.4, -0.2) is 35.3 Å². The van der Waals surface area contributed by atoms with Crippen molar-refractivity contribution in [2.75, 3.05) is 6.54 Å². The molecular formula is C9H11BrN4O3S2. The minimum Gasteiger partial charge on any atom is -0.391 e. The molecule has 0 bridgehead atoms. The monoisotopic (exact) mass is 366 g/mol. The van der Waals surface area contributed by atoms with Crippen LogP contribution in [0.3, 0.4) is 0 Å². The first kappa shape index (κ1) is 14.6. The van der Waals surface area contributed by atoms with Gasteiger partial charge in [0.25, 0.3) is 0 Å². The fourth-order valence-corrected chi connectivity index (χ4v) is 4.96. The Morgan fingerprint density at radius 2 is 2.32 bits per heavy atom. The van der Waals surface area contributed by atoms with Crippen LogP contribution in [0.4, 0.5) is 0 Å². The highest BCUT2D eigenvalue weighted by atomic mass is 79.9. The van der Waals surface area contributed by atoms with Gasteiger partial charge in [0.05, 0.1) is 10.4 Å². The summed E-state index contributed by atoms with van der Waals surface area (Å²) >= 11 is 4.38. The van der Waals surface area contributed by atoms with Crippen LogP contribution >= 0.6 is 27.3 Å². The van der Waals surface area contributed by atoms with Gasteiger partial charge in [-0.1, -0.05) is 0 Å². The normalized spacial score (nSPS) is 11.9. The van der Waals surface area contributed by atoms with Gasteiger partial charge in [-0.25, -0.2) is 18.1 Å². The molecule has 0 aliphatic heterocycles. The maximum absolute atomic E-state index is 12.0. The molecule has 0 atom stereocenters. The highest BCUT2D eigenvalue weighted by molar-refractivity contribution is 9.11. The summed E-state index contributed by atoms with van der Waals surface area (Å²) in [6, 6.07) is 1.45. The fraction of sp³-hybridized carbons (Fsp3) is 0.333. The Hall–Kier alpha value is -0.810. The standard InChI is InChI=1S/C9H11BrN4O3S2/c10-9-7(3-6(4-15)18-9)19(16,17)13-2-1-8-11-5-12-14-8/h3,5,13,15H,1-2,4H2,(H,11,12,14). The van der Waals surface area contributed by atoms with Gasteiger partial charge in [0.15, 0.2) is 0 Å². The number of aromatic amines is 1. The minimum atomic E-state index is -3.59. The number of aliphatic hydroxyl groups is 1. The first-order valence-corrected chi connectivity index (χ1v) is 8.35. The van der Waals surface area contributed by atoms with Crippen LogP contribution in [-0.2, 0) is 23.1 Å². The van der Waals surface area contributed by atoms with Crippen molar-refractivity contribution in [1.82, 2.24) is 19.9 Å². The van der Waals surface area contributed by atoms with Crippen LogP contribution in [0.15, 0.2) is 21.1 Å². The minimum absolute atomic E-state index is 0.138. The van der Waals surface area contributed by atoms with Crippen molar-refractivity contribution in [3.63, 3.8) is 0 Å². The van der Waals surface area contributed by atoms with Crippen LogP contribution in [0, 0.1) is 0 Å². The van der Waals surface area contributed by atoms with Gasteiger partial charge >= 0.3 is 0 Å². The molecule has 0 amide bonds. The van der Waals surface area contributed by atoms with E-state index >= 15 is 0 Å². The SMILES string of the molecule is O=S(=O)(NCCc1ncn[nH]1)c1cc(CO)sc1Br. The van der Waals surface area contributed by atoms with Gasteiger partial charge in [-0.05, 0) is 22.0 Å². The number of sulfonamides is 1. The van der Waals surface area contributed by atoms with E-state index in [1.807, 2.05) is 0 Å². The van der Waals surface area contributed by atoms with Crippen molar-refractivity contribution in [1.29, 1.82) is 0 Å². The molecule has 0 aliphatic carbocycles. The molecule has 0 radical (unpaired) electrons. The Labute approximate surface area is 122 Å². The molecule has 19 heavy (non-hydrogen) atoms. The zero-order chi connectivity index (χ0) is 13.9. The Morgan fingerprint density at radius 1 is 1.53 bits per heavy atom. The molecule has 2 aromatic heterocycles. The number of rotatable bonds is 6. The summed E-state index contributed by atoms with van der Waals surface area (Å²) in [6.07, 6.45) is 1.79. The molecule has 3 N–H and O–H groups in total. The van der Waals surface area contributed by atoms with E-state index in [4.69, 9.17) is 5.11 Å². The Kier molecular flexibility index (Phi) is 4.68. The van der Waals surface area contributed by atoms with Crippen molar-refractivity contribution in [2.24, 2.45) is 0 Å². The molecule has 0 fully saturated rings. The zero-order valence-electron chi connectivity index (χ0n) is 9.63. The molecule has 0 aromatic carbocycles. The van der Waals surface area contributed by atoms with Gasteiger partial charge in [0.1, 0.15) is 17.0 Å². The lowest BCUT2D eigenvalue weighted by Crippen LogP contribution is -2.26. The van der Waals surface area contributed by atoms with Crippen molar-refractivity contribution in [3.05, 3.63) is 26.9 Å². The van der Waals surface area contributed by atoms with E-state index in [9.17, 15) is 8.42 Å². The van der Waals surface area contributed by atoms with Gasteiger partial charge in [-0.2, -0.15) is 5.10 Å². The number of hydrogen-bond donors (Lipinski definition) is 3. The number of aliphatic hydroxyl groups excluding tert-OH is 1. The van der Waals surface area contributed by atoms with E-state index in [2.05, 4.69) is 35.8 Å². The number of hydrogen-bond acceptors (Lipinski definition) is 6. The van der Waals surface area contributed by atoms with E-state index < -0.39 is 10.0 Å². The van der Waals surface area contributed by atoms with E-state index in [1.54, 1.807) is 0 Å². The summed E-state index contributed by atoms with van der Waals surface area (Å²) in [7, 11) is -3.59. The van der Waals surface area contributed by atoms with Crippen LogP contribution in [0.2, 0.25) is 0 Å². The van der Waals surface area contributed by atoms with E-state index in [0.717, 1.165) is 0 Å². The number of H-pyrrole nitrogens is 1. The molecule has 0 spiro atoms. The molecule has 0 unspecified atom stereocenters. The predicted molar refractivity (Wildman–Crippen MR) is 73.2 cm³/mol. The third-order valence-corrected chi connectivity index (χ3v) is 5.97. The smallest absolute Gasteiger partial charge is 0.242 e. The second kappa shape index (κ2) is 6.09. The number of nitrogens with one attached hydrogen (secondary N) is 2. The lowest BCUT2D eigenvalue weighted by molar-refractivity contribution is 0.285. The summed E-state index contributed by atoms with van der Waals surface area (Å²) in [5.74, 6) is 0.614. The van der Waals surface area contributed by atoms with E-state index in [1.165, 1.54) is 23.7 Å². The average Bonchev–Trinajstić information content (AvgIpc) is 2.98. The van der Waals surface area contributed by atoms with Crippen LogP contribution < -0.4 is 4.72 Å². The van der Waals surface area contributed by atoms with Gasteiger partial charge in [-0.3, -0.25) is 5.10 Å². The quantitative estimate of drug-likeness (QED) is 0.695. The average molecular weight is 367 g/mol. The van der Waals surface area contributed by atoms with Crippen molar-refractivity contribution in [3.8, 4) is 0 Å². The summed E-state index contributed by atoms with van der Waals surface area (Å²) in [5, 5.41) is 15.3. The number of thiophene rings is 1. The Morgan fingerprint density at radius 3 is 2.89 bits per heavy atom. The summed E-state index contributed by atoms with van der Waals surface area (Å²) in [4.78, 5) is 4.63. The first-order chi connectivity index (χ1) is 9.03. The molecule has 104 valence electrons. The largest absolute Gasteiger partial charge is 0.391 e. The van der Waals surface area contributed by atoms with E-state index in [0.29, 0.717) is 20.9 Å². The highest BCUT2D eigenvalue weighted by Crippen LogP contribution is 2.31. The summed E-state index contributed by atoms with van der Waals surface area (Å²) in [5.41, 5.74) is 0. The van der Waals surface area contributed by atoms with Crippen LogP contribution in [0.25, 0.3) is 0 Å². The molecule has 10 heteroatoms. The fourth-order valence-electron chi connectivity index (χ4n) is 1.39. The summed E-state index contributed by atoms with van der Waals surface area (Å²) < 4.78 is 27.0. The topological polar surface area (TPSA) is 108 Å². The third-order valence-electron chi connectivity index (χ3n) is 2.27. The van der Waals surface area contributed by atoms with Gasteiger partial charge in [-0.15, -0.1) is 11.3 Å². The lowest BCUT2D eigenvalue weighted by atomic mass is 10.4. The van der Waals surface area contributed by atoms with Gasteiger partial charge in [0.2, 0.25) is 10.0 Å². The van der Waals surface area contributed by atoms with Crippen molar-refractivity contribution < 1.29 is 13.5 Å². The van der Waals surface area contributed by atoms with Crippen LogP contribution in [0.1, 0.15) is 10.7 Å². The molecule has 0 saturated heterocycles. The maximum atomic E-state index is 12.0. The number of aromatic nitrogens is 3. The lowest BCUT2D eigenvalue weighted by Gasteiger charge is -2.04. The molecule has 0 aliphatic rings.